The van der Waals surface area contributed by atoms with Crippen LogP contribution >= 0.6 is 38.5 Å². The maximum absolute atomic E-state index is 13.0. The van der Waals surface area contributed by atoms with Crippen LogP contribution in [-0.2, 0) is 6.42 Å². The highest BCUT2D eigenvalue weighted by Gasteiger charge is 2.29. The largest absolute Gasteiger partial charge is 0.305 e. The number of benzene rings is 2. The van der Waals surface area contributed by atoms with Gasteiger partial charge in [0.25, 0.3) is 5.91 Å². The predicted octanol–water partition coefficient (Wildman–Crippen LogP) is 5.04. The number of amides is 1. The zero-order valence-corrected chi connectivity index (χ0v) is 15.4. The van der Waals surface area contributed by atoms with Crippen LogP contribution in [0.25, 0.3) is 0 Å². The first-order valence-electron chi connectivity index (χ1n) is 6.94. The van der Waals surface area contributed by atoms with Gasteiger partial charge in [-0.3, -0.25) is 4.79 Å². The molecule has 1 unspecified atom stereocenters. The number of aryl methyl sites for hydroxylation is 1. The number of anilines is 1. The van der Waals surface area contributed by atoms with Crippen molar-refractivity contribution in [2.75, 3.05) is 4.90 Å². The third-order valence-corrected chi connectivity index (χ3v) is 5.33. The number of halogens is 2. The Balaban J connectivity index is 2.07. The summed E-state index contributed by atoms with van der Waals surface area (Å²) >= 11 is 5.69. The molecule has 0 aromatic heterocycles. The highest BCUT2D eigenvalue weighted by Crippen LogP contribution is 2.32. The van der Waals surface area contributed by atoms with Crippen LogP contribution < -0.4 is 4.90 Å². The molecule has 3 rings (SSSR count). The first-order valence-corrected chi connectivity index (χ1v) is 8.81. The number of hydrogen-bond acceptors (Lipinski definition) is 1. The number of carbonyl (C=O) groups is 1. The number of para-hydroxylation sites is 1. The first kappa shape index (κ1) is 15.0. The van der Waals surface area contributed by atoms with E-state index in [1.807, 2.05) is 41.3 Å². The molecule has 0 radical (unpaired) electrons. The second-order valence-corrected chi connectivity index (χ2v) is 7.39. The topological polar surface area (TPSA) is 20.3 Å². The van der Waals surface area contributed by atoms with Crippen molar-refractivity contribution in [3.8, 4) is 0 Å². The van der Waals surface area contributed by atoms with E-state index in [0.717, 1.165) is 32.1 Å². The molecule has 0 saturated carbocycles. The van der Waals surface area contributed by atoms with Crippen LogP contribution in [0.2, 0.25) is 0 Å². The van der Waals surface area contributed by atoms with E-state index in [1.54, 1.807) is 0 Å². The van der Waals surface area contributed by atoms with Crippen LogP contribution in [0, 0.1) is 3.57 Å². The molecule has 0 N–H and O–H groups in total. The van der Waals surface area contributed by atoms with E-state index in [0.29, 0.717) is 0 Å². The molecular formula is C17H15BrINO. The van der Waals surface area contributed by atoms with Crippen LogP contribution in [0.3, 0.4) is 0 Å². The molecule has 1 aliphatic rings. The van der Waals surface area contributed by atoms with Gasteiger partial charge in [-0.25, -0.2) is 0 Å². The van der Waals surface area contributed by atoms with Gasteiger partial charge in [0.05, 0.1) is 5.56 Å². The summed E-state index contributed by atoms with van der Waals surface area (Å²) in [5.74, 6) is 0.0837. The van der Waals surface area contributed by atoms with Gasteiger partial charge in [0, 0.05) is 19.8 Å². The Morgan fingerprint density at radius 3 is 2.86 bits per heavy atom. The molecule has 1 amide bonds. The van der Waals surface area contributed by atoms with E-state index in [9.17, 15) is 4.79 Å². The van der Waals surface area contributed by atoms with Crippen LogP contribution in [0.5, 0.6) is 0 Å². The lowest BCUT2D eigenvalue weighted by Crippen LogP contribution is -2.42. The molecule has 0 aliphatic carbocycles. The number of nitrogens with zero attached hydrogens (tertiary/aromatic N) is 1. The van der Waals surface area contributed by atoms with Crippen molar-refractivity contribution in [3.05, 3.63) is 61.6 Å². The van der Waals surface area contributed by atoms with Crippen LogP contribution in [-0.4, -0.2) is 11.9 Å². The average molecular weight is 456 g/mol. The second kappa shape index (κ2) is 6.08. The van der Waals surface area contributed by atoms with E-state index in [2.05, 4.69) is 51.5 Å². The maximum Gasteiger partial charge on any atom is 0.259 e. The van der Waals surface area contributed by atoms with Crippen molar-refractivity contribution in [2.24, 2.45) is 0 Å². The molecule has 21 heavy (non-hydrogen) atoms. The Labute approximate surface area is 146 Å². The Kier molecular flexibility index (Phi) is 4.36. The van der Waals surface area contributed by atoms with Crippen molar-refractivity contribution >= 4 is 50.1 Å². The van der Waals surface area contributed by atoms with Crippen molar-refractivity contribution in [3.63, 3.8) is 0 Å². The van der Waals surface area contributed by atoms with Crippen molar-refractivity contribution in [1.29, 1.82) is 0 Å². The highest BCUT2D eigenvalue weighted by molar-refractivity contribution is 14.1. The van der Waals surface area contributed by atoms with Gasteiger partial charge in [-0.15, -0.1) is 0 Å². The van der Waals surface area contributed by atoms with Crippen LogP contribution in [0.15, 0.2) is 46.9 Å². The van der Waals surface area contributed by atoms with Crippen LogP contribution in [0.4, 0.5) is 5.69 Å². The lowest BCUT2D eigenvalue weighted by Gasteiger charge is -2.35. The minimum absolute atomic E-state index is 0.0837. The van der Waals surface area contributed by atoms with Crippen molar-refractivity contribution < 1.29 is 4.79 Å². The van der Waals surface area contributed by atoms with Gasteiger partial charge in [0.1, 0.15) is 0 Å². The summed E-state index contributed by atoms with van der Waals surface area (Å²) in [5.41, 5.74) is 3.07. The molecule has 0 spiro atoms. The quantitative estimate of drug-likeness (QED) is 0.552. The molecule has 2 aromatic carbocycles. The molecule has 0 bridgehead atoms. The van der Waals surface area contributed by atoms with Gasteiger partial charge in [0.15, 0.2) is 0 Å². The zero-order chi connectivity index (χ0) is 15.0. The molecular weight excluding hydrogens is 441 g/mol. The molecule has 0 fully saturated rings. The Bertz CT molecular complexity index is 701. The lowest BCUT2D eigenvalue weighted by molar-refractivity contribution is 0.0974. The summed E-state index contributed by atoms with van der Waals surface area (Å²) in [7, 11) is 0. The summed E-state index contributed by atoms with van der Waals surface area (Å²) in [6.07, 6.45) is 2.05. The van der Waals surface area contributed by atoms with Gasteiger partial charge >= 0.3 is 0 Å². The third kappa shape index (κ3) is 2.88. The Hall–Kier alpha value is -0.880. The molecule has 2 aromatic rings. The predicted molar refractivity (Wildman–Crippen MR) is 97.9 cm³/mol. The molecule has 4 heteroatoms. The molecule has 108 valence electrons. The number of hydrogen-bond donors (Lipinski definition) is 0. The smallest absolute Gasteiger partial charge is 0.259 e. The van der Waals surface area contributed by atoms with E-state index in [-0.39, 0.29) is 11.9 Å². The van der Waals surface area contributed by atoms with Gasteiger partial charge < -0.3 is 4.90 Å². The Morgan fingerprint density at radius 2 is 2.05 bits per heavy atom. The fraction of sp³-hybridized carbons (Fsp3) is 0.235. The standard InChI is InChI=1S/C17H15BrINO/c1-11-6-7-12-4-2-3-5-16(12)20(11)17(21)14-10-13(18)8-9-15(14)19/h2-5,8-11H,6-7H2,1H3. The maximum atomic E-state index is 13.0. The average Bonchev–Trinajstić information content (AvgIpc) is 2.49. The Morgan fingerprint density at radius 1 is 1.29 bits per heavy atom. The van der Waals surface area contributed by atoms with E-state index in [4.69, 9.17) is 0 Å². The second-order valence-electron chi connectivity index (χ2n) is 5.32. The number of rotatable bonds is 1. The highest BCUT2D eigenvalue weighted by atomic mass is 127. The fourth-order valence-electron chi connectivity index (χ4n) is 2.79. The minimum atomic E-state index is 0.0837. The SMILES string of the molecule is CC1CCc2ccccc2N1C(=O)c1cc(Br)ccc1I. The molecule has 0 saturated heterocycles. The van der Waals surface area contributed by atoms with E-state index in [1.165, 1.54) is 5.56 Å². The summed E-state index contributed by atoms with van der Waals surface area (Å²) in [6, 6.07) is 14.3. The summed E-state index contributed by atoms with van der Waals surface area (Å²) in [4.78, 5) is 15.0. The van der Waals surface area contributed by atoms with Gasteiger partial charge in [-0.05, 0) is 72.2 Å². The normalized spacial score (nSPS) is 17.5. The van der Waals surface area contributed by atoms with E-state index < -0.39 is 0 Å². The molecule has 1 heterocycles. The molecule has 2 nitrogen and oxygen atoms in total. The number of fused-ring (bicyclic) bond motifs is 1. The zero-order valence-electron chi connectivity index (χ0n) is 11.6. The van der Waals surface area contributed by atoms with Crippen molar-refractivity contribution in [1.82, 2.24) is 0 Å². The van der Waals surface area contributed by atoms with E-state index >= 15 is 0 Å². The fourth-order valence-corrected chi connectivity index (χ4v) is 3.72. The van der Waals surface area contributed by atoms with Gasteiger partial charge in [-0.2, -0.15) is 0 Å². The van der Waals surface area contributed by atoms with Crippen LogP contribution in [0.1, 0.15) is 29.3 Å². The van der Waals surface area contributed by atoms with Crippen molar-refractivity contribution in [2.45, 2.75) is 25.8 Å². The molecule has 1 aliphatic heterocycles. The first-order chi connectivity index (χ1) is 10.1. The van der Waals surface area contributed by atoms with Gasteiger partial charge in [0.2, 0.25) is 0 Å². The van der Waals surface area contributed by atoms with Gasteiger partial charge in [-0.1, -0.05) is 34.1 Å². The third-order valence-electron chi connectivity index (χ3n) is 3.90. The molecule has 1 atom stereocenters. The lowest BCUT2D eigenvalue weighted by atomic mass is 9.96. The summed E-state index contributed by atoms with van der Waals surface area (Å²) in [6.45, 7) is 2.12. The number of carbonyl (C=O) groups excluding carboxylic acids is 1. The summed E-state index contributed by atoms with van der Waals surface area (Å²) in [5, 5.41) is 0. The monoisotopic (exact) mass is 455 g/mol. The summed E-state index contributed by atoms with van der Waals surface area (Å²) < 4.78 is 1.92. The minimum Gasteiger partial charge on any atom is -0.305 e.